The van der Waals surface area contributed by atoms with Crippen LogP contribution in [-0.4, -0.2) is 29.8 Å². The van der Waals surface area contributed by atoms with E-state index in [0.717, 1.165) is 35.6 Å². The molecule has 0 atom stereocenters. The Hall–Kier alpha value is -2.41. The van der Waals surface area contributed by atoms with Crippen molar-refractivity contribution in [2.45, 2.75) is 65.2 Å². The Morgan fingerprint density at radius 2 is 1.93 bits per heavy atom. The van der Waals surface area contributed by atoms with Gasteiger partial charge in [-0.05, 0) is 43.0 Å². The molecule has 0 saturated heterocycles. The molecule has 2 aromatic rings. The summed E-state index contributed by atoms with van der Waals surface area (Å²) in [5.74, 6) is 1.53. The van der Waals surface area contributed by atoms with Crippen LogP contribution in [0, 0.1) is 0 Å². The predicted molar refractivity (Wildman–Crippen MR) is 124 cm³/mol. The summed E-state index contributed by atoms with van der Waals surface area (Å²) in [7, 11) is 1.62. The van der Waals surface area contributed by atoms with Gasteiger partial charge >= 0.3 is 0 Å². The summed E-state index contributed by atoms with van der Waals surface area (Å²) < 4.78 is 11.3. The van der Waals surface area contributed by atoms with E-state index in [4.69, 9.17) is 9.47 Å². The first-order valence-electron chi connectivity index (χ1n) is 10.7. The second-order valence-corrected chi connectivity index (χ2v) is 8.11. The molecule has 6 nitrogen and oxygen atoms in total. The van der Waals surface area contributed by atoms with E-state index in [2.05, 4.69) is 36.3 Å². The minimum absolute atomic E-state index is 0.238. The summed E-state index contributed by atoms with van der Waals surface area (Å²) in [6.45, 7) is 7.13. The molecule has 0 saturated carbocycles. The van der Waals surface area contributed by atoms with E-state index in [1.807, 2.05) is 18.2 Å². The Morgan fingerprint density at radius 1 is 1.13 bits per heavy atom. The third-order valence-electron chi connectivity index (χ3n) is 4.88. The Bertz CT molecular complexity index is 816. The normalized spacial score (nSPS) is 11.2. The lowest BCUT2D eigenvalue weighted by atomic mass is 10.1. The molecule has 1 amide bonds. The summed E-state index contributed by atoms with van der Waals surface area (Å²) in [5, 5.41) is 12.6. The molecule has 0 radical (unpaired) electrons. The Kier molecular flexibility index (Phi) is 10.3. The lowest BCUT2D eigenvalue weighted by molar-refractivity contribution is -0.111. The number of rotatable bonds is 13. The largest absolute Gasteiger partial charge is 0.493 e. The second kappa shape index (κ2) is 13.0. The van der Waals surface area contributed by atoms with Crippen LogP contribution in [-0.2, 0) is 4.79 Å². The van der Waals surface area contributed by atoms with Gasteiger partial charge in [-0.2, -0.15) is 0 Å². The molecule has 30 heavy (non-hydrogen) atoms. The van der Waals surface area contributed by atoms with Crippen molar-refractivity contribution in [3.63, 3.8) is 0 Å². The number of amides is 1. The molecule has 1 aromatic heterocycles. The smallest absolute Gasteiger partial charge is 0.250 e. The Morgan fingerprint density at radius 3 is 2.63 bits per heavy atom. The standard InChI is InChI=1S/C23H33N3O3S/c1-5-8-9-10-15-29-19-13-11-17(16-20(19)28-4)12-14-21(27)24-23-26-25-22(30-23)18(6-2)7-3/h11-14,16,18H,5-10,15H2,1-4H3,(H,24,26,27)/b14-12+. The van der Waals surface area contributed by atoms with Gasteiger partial charge in [-0.1, -0.05) is 57.4 Å². The minimum atomic E-state index is -0.238. The molecule has 2 rings (SSSR count). The number of nitrogens with one attached hydrogen (secondary N) is 1. The zero-order chi connectivity index (χ0) is 21.8. The molecule has 1 aromatic carbocycles. The Balaban J connectivity index is 1.92. The van der Waals surface area contributed by atoms with E-state index < -0.39 is 0 Å². The number of unbranched alkanes of at least 4 members (excludes halogenated alkanes) is 3. The molecular formula is C23H33N3O3S. The molecule has 0 unspecified atom stereocenters. The molecule has 1 heterocycles. The van der Waals surface area contributed by atoms with Crippen LogP contribution in [0.15, 0.2) is 24.3 Å². The second-order valence-electron chi connectivity index (χ2n) is 7.10. The summed E-state index contributed by atoms with van der Waals surface area (Å²) in [6, 6.07) is 5.65. The quantitative estimate of drug-likeness (QED) is 0.308. The van der Waals surface area contributed by atoms with Gasteiger partial charge < -0.3 is 9.47 Å². The maximum Gasteiger partial charge on any atom is 0.250 e. The average molecular weight is 432 g/mol. The number of aromatic nitrogens is 2. The van der Waals surface area contributed by atoms with Crippen molar-refractivity contribution in [3.8, 4) is 11.5 Å². The molecule has 164 valence electrons. The van der Waals surface area contributed by atoms with Crippen molar-refractivity contribution in [2.24, 2.45) is 0 Å². The van der Waals surface area contributed by atoms with Crippen molar-refractivity contribution < 1.29 is 14.3 Å². The van der Waals surface area contributed by atoms with Crippen molar-refractivity contribution in [1.29, 1.82) is 0 Å². The van der Waals surface area contributed by atoms with Crippen LogP contribution < -0.4 is 14.8 Å². The van der Waals surface area contributed by atoms with Gasteiger partial charge in [0.1, 0.15) is 5.01 Å². The third kappa shape index (κ3) is 7.44. The molecule has 1 N–H and O–H groups in total. The first-order valence-corrected chi connectivity index (χ1v) is 11.6. The number of methoxy groups -OCH3 is 1. The molecule has 0 aliphatic rings. The van der Waals surface area contributed by atoms with Crippen molar-refractivity contribution in [3.05, 3.63) is 34.8 Å². The molecule has 0 spiro atoms. The van der Waals surface area contributed by atoms with Crippen molar-refractivity contribution in [1.82, 2.24) is 10.2 Å². The van der Waals surface area contributed by atoms with E-state index in [1.165, 1.54) is 36.7 Å². The number of anilines is 1. The van der Waals surface area contributed by atoms with Gasteiger partial charge in [-0.3, -0.25) is 10.1 Å². The van der Waals surface area contributed by atoms with Gasteiger partial charge in [0, 0.05) is 12.0 Å². The molecule has 0 fully saturated rings. The first-order chi connectivity index (χ1) is 14.6. The van der Waals surface area contributed by atoms with Crippen LogP contribution in [0.5, 0.6) is 11.5 Å². The van der Waals surface area contributed by atoms with Crippen LogP contribution in [0.1, 0.15) is 75.8 Å². The van der Waals surface area contributed by atoms with Gasteiger partial charge in [0.2, 0.25) is 11.0 Å². The first kappa shape index (κ1) is 23.9. The molecular weight excluding hydrogens is 398 g/mol. The topological polar surface area (TPSA) is 73.3 Å². The highest BCUT2D eigenvalue weighted by Crippen LogP contribution is 2.29. The van der Waals surface area contributed by atoms with Crippen LogP contribution in [0.25, 0.3) is 6.08 Å². The fraction of sp³-hybridized carbons (Fsp3) is 0.522. The van der Waals surface area contributed by atoms with Gasteiger partial charge in [-0.25, -0.2) is 0 Å². The number of hydrogen-bond acceptors (Lipinski definition) is 6. The highest BCUT2D eigenvalue weighted by atomic mass is 32.1. The fourth-order valence-electron chi connectivity index (χ4n) is 3.03. The number of ether oxygens (including phenoxy) is 2. The highest BCUT2D eigenvalue weighted by molar-refractivity contribution is 7.15. The van der Waals surface area contributed by atoms with Gasteiger partial charge in [-0.15, -0.1) is 10.2 Å². The molecule has 0 aliphatic heterocycles. The predicted octanol–water partition coefficient (Wildman–Crippen LogP) is 6.06. The van der Waals surface area contributed by atoms with Crippen LogP contribution in [0.3, 0.4) is 0 Å². The maximum atomic E-state index is 12.2. The number of benzene rings is 1. The lowest BCUT2D eigenvalue weighted by Gasteiger charge is -2.11. The fourth-order valence-corrected chi connectivity index (χ4v) is 4.04. The molecule has 7 heteroatoms. The minimum Gasteiger partial charge on any atom is -0.493 e. The average Bonchev–Trinajstić information content (AvgIpc) is 3.21. The molecule has 0 bridgehead atoms. The highest BCUT2D eigenvalue weighted by Gasteiger charge is 2.14. The zero-order valence-corrected chi connectivity index (χ0v) is 19.3. The van der Waals surface area contributed by atoms with Crippen molar-refractivity contribution >= 4 is 28.5 Å². The number of carbonyl (C=O) groups excluding carboxylic acids is 1. The third-order valence-corrected chi connectivity index (χ3v) is 5.88. The van der Waals surface area contributed by atoms with Gasteiger partial charge in [0.25, 0.3) is 0 Å². The summed E-state index contributed by atoms with van der Waals surface area (Å²) in [4.78, 5) is 12.2. The lowest BCUT2D eigenvalue weighted by Crippen LogP contribution is -2.07. The number of nitrogens with zero attached hydrogens (tertiary/aromatic N) is 2. The van der Waals surface area contributed by atoms with E-state index in [0.29, 0.717) is 23.4 Å². The van der Waals surface area contributed by atoms with Crippen molar-refractivity contribution in [2.75, 3.05) is 19.0 Å². The molecule has 0 aliphatic carbocycles. The van der Waals surface area contributed by atoms with E-state index in [9.17, 15) is 4.79 Å². The summed E-state index contributed by atoms with van der Waals surface area (Å²) in [5.41, 5.74) is 0.857. The van der Waals surface area contributed by atoms with Gasteiger partial charge in [0.05, 0.1) is 13.7 Å². The van der Waals surface area contributed by atoms with Crippen LogP contribution >= 0.6 is 11.3 Å². The summed E-state index contributed by atoms with van der Waals surface area (Å²) in [6.07, 6.45) is 9.88. The summed E-state index contributed by atoms with van der Waals surface area (Å²) >= 11 is 1.44. The van der Waals surface area contributed by atoms with Gasteiger partial charge in [0.15, 0.2) is 11.5 Å². The number of carbonyl (C=O) groups is 1. The number of hydrogen-bond donors (Lipinski definition) is 1. The van der Waals surface area contributed by atoms with Crippen LogP contribution in [0.4, 0.5) is 5.13 Å². The Labute approximate surface area is 183 Å². The van der Waals surface area contributed by atoms with Crippen LogP contribution in [0.2, 0.25) is 0 Å². The van der Waals surface area contributed by atoms with E-state index in [-0.39, 0.29) is 5.91 Å². The SMILES string of the molecule is CCCCCCOc1ccc(/C=C/C(=O)Nc2nnc(C(CC)CC)s2)cc1OC. The zero-order valence-electron chi connectivity index (χ0n) is 18.4. The maximum absolute atomic E-state index is 12.2. The monoisotopic (exact) mass is 431 g/mol. The van der Waals surface area contributed by atoms with E-state index in [1.54, 1.807) is 13.2 Å². The van der Waals surface area contributed by atoms with E-state index >= 15 is 0 Å².